The minimum absolute atomic E-state index is 0.113. The van der Waals surface area contributed by atoms with Gasteiger partial charge in [0, 0.05) is 11.6 Å². The first kappa shape index (κ1) is 19.0. The van der Waals surface area contributed by atoms with Crippen molar-refractivity contribution in [1.82, 2.24) is 10.2 Å². The molecule has 0 radical (unpaired) electrons. The van der Waals surface area contributed by atoms with Gasteiger partial charge in [-0.15, -0.1) is 0 Å². The van der Waals surface area contributed by atoms with E-state index >= 15 is 0 Å². The molecule has 0 aliphatic rings. The molecule has 2 N–H and O–H groups in total. The minimum atomic E-state index is -1.04. The number of amides is 1. The monoisotopic (exact) mass is 364 g/mol. The molecule has 2 aromatic rings. The van der Waals surface area contributed by atoms with Gasteiger partial charge in [0.05, 0.1) is 13.1 Å². The topological polar surface area (TPSA) is 82.8 Å². The van der Waals surface area contributed by atoms with Gasteiger partial charge in [-0.3, -0.25) is 9.69 Å². The van der Waals surface area contributed by atoms with E-state index in [4.69, 9.17) is 21.1 Å². The highest BCUT2D eigenvalue weighted by Gasteiger charge is 2.15. The van der Waals surface area contributed by atoms with Gasteiger partial charge in [0.2, 0.25) is 5.91 Å². The molecular weight excluding hydrogens is 344 g/mol. The molecule has 1 heterocycles. The summed E-state index contributed by atoms with van der Waals surface area (Å²) in [5, 5.41) is 12.4. The number of likely N-dealkylation sites (N-methyl/N-ethyl adjacent to an activating group) is 1. The molecule has 7 heteroatoms. The van der Waals surface area contributed by atoms with Crippen molar-refractivity contribution in [3.05, 3.63) is 58.0 Å². The molecule has 25 heavy (non-hydrogen) atoms. The van der Waals surface area contributed by atoms with Gasteiger partial charge < -0.3 is 14.8 Å². The first-order valence-electron chi connectivity index (χ1n) is 7.95. The van der Waals surface area contributed by atoms with Gasteiger partial charge in [-0.05, 0) is 37.2 Å². The number of carbonyl (C=O) groups is 2. The third-order valence-corrected chi connectivity index (χ3v) is 4.04. The van der Waals surface area contributed by atoms with Crippen LogP contribution in [0.3, 0.4) is 0 Å². The van der Waals surface area contributed by atoms with Crippen LogP contribution in [-0.4, -0.2) is 35.0 Å². The molecule has 6 nitrogen and oxygen atoms in total. The average Bonchev–Trinajstić information content (AvgIpc) is 2.95. The van der Waals surface area contributed by atoms with E-state index in [1.54, 1.807) is 6.92 Å². The molecule has 0 fully saturated rings. The maximum absolute atomic E-state index is 12.1. The average molecular weight is 365 g/mol. The molecule has 0 spiro atoms. The van der Waals surface area contributed by atoms with E-state index in [-0.39, 0.29) is 24.6 Å². The second kappa shape index (κ2) is 8.69. The quantitative estimate of drug-likeness (QED) is 0.752. The number of hydrogen-bond acceptors (Lipinski definition) is 4. The molecule has 1 amide bonds. The fourth-order valence-corrected chi connectivity index (χ4v) is 2.54. The molecule has 0 atom stereocenters. The van der Waals surface area contributed by atoms with Gasteiger partial charge in [0.1, 0.15) is 17.1 Å². The lowest BCUT2D eigenvalue weighted by molar-refractivity contribution is -0.122. The number of rotatable bonds is 8. The number of aromatic carboxylic acids is 1. The maximum atomic E-state index is 12.1. The van der Waals surface area contributed by atoms with Crippen LogP contribution in [0.25, 0.3) is 0 Å². The molecule has 0 unspecified atom stereocenters. The number of furan rings is 1. The van der Waals surface area contributed by atoms with Crippen molar-refractivity contribution in [3.8, 4) is 0 Å². The Kier molecular flexibility index (Phi) is 6.61. The number of carboxylic acid groups (broad SMARTS) is 1. The van der Waals surface area contributed by atoms with Gasteiger partial charge in [-0.1, -0.05) is 30.7 Å². The normalized spacial score (nSPS) is 10.9. The van der Waals surface area contributed by atoms with Crippen molar-refractivity contribution in [1.29, 1.82) is 0 Å². The Morgan fingerprint density at radius 2 is 1.96 bits per heavy atom. The third kappa shape index (κ3) is 5.62. The van der Waals surface area contributed by atoms with Crippen molar-refractivity contribution >= 4 is 23.5 Å². The SMILES string of the molecule is CCN(CC(=O)NCc1cc(C(=O)O)c(C)o1)Cc1ccc(Cl)cc1. The summed E-state index contributed by atoms with van der Waals surface area (Å²) in [4.78, 5) is 25.1. The highest BCUT2D eigenvalue weighted by molar-refractivity contribution is 6.30. The number of carboxylic acids is 1. The molecular formula is C18H21ClN2O4. The largest absolute Gasteiger partial charge is 0.478 e. The molecule has 2 rings (SSSR count). The van der Waals surface area contributed by atoms with Crippen molar-refractivity contribution in [3.63, 3.8) is 0 Å². The first-order valence-corrected chi connectivity index (χ1v) is 8.33. The highest BCUT2D eigenvalue weighted by Crippen LogP contribution is 2.14. The first-order chi connectivity index (χ1) is 11.9. The molecule has 1 aromatic carbocycles. The number of benzene rings is 1. The summed E-state index contributed by atoms with van der Waals surface area (Å²) in [5.41, 5.74) is 1.19. The lowest BCUT2D eigenvalue weighted by atomic mass is 10.2. The van der Waals surface area contributed by atoms with E-state index in [9.17, 15) is 9.59 Å². The third-order valence-electron chi connectivity index (χ3n) is 3.79. The zero-order valence-corrected chi connectivity index (χ0v) is 15.0. The van der Waals surface area contributed by atoms with Gasteiger partial charge in [-0.25, -0.2) is 4.79 Å². The van der Waals surface area contributed by atoms with Crippen molar-refractivity contribution in [2.45, 2.75) is 26.9 Å². The lowest BCUT2D eigenvalue weighted by Gasteiger charge is -2.19. The Morgan fingerprint density at radius 1 is 1.28 bits per heavy atom. The van der Waals surface area contributed by atoms with Crippen LogP contribution in [0.5, 0.6) is 0 Å². The van der Waals surface area contributed by atoms with E-state index in [1.807, 2.05) is 36.1 Å². The smallest absolute Gasteiger partial charge is 0.339 e. The minimum Gasteiger partial charge on any atom is -0.478 e. The predicted molar refractivity (Wildman–Crippen MR) is 94.7 cm³/mol. The van der Waals surface area contributed by atoms with Crippen LogP contribution in [0, 0.1) is 6.92 Å². The predicted octanol–water partition coefficient (Wildman–Crippen LogP) is 3.08. The molecule has 0 saturated heterocycles. The summed E-state index contributed by atoms with van der Waals surface area (Å²) in [7, 11) is 0. The summed E-state index contributed by atoms with van der Waals surface area (Å²) in [5.74, 6) is -0.445. The molecule has 0 aliphatic heterocycles. The number of nitrogens with zero attached hydrogens (tertiary/aromatic N) is 1. The number of halogens is 1. The Bertz CT molecular complexity index is 740. The molecule has 1 aromatic heterocycles. The summed E-state index contributed by atoms with van der Waals surface area (Å²) >= 11 is 5.87. The number of nitrogens with one attached hydrogen (secondary N) is 1. The second-order valence-electron chi connectivity index (χ2n) is 5.69. The van der Waals surface area contributed by atoms with E-state index < -0.39 is 5.97 Å². The van der Waals surface area contributed by atoms with Crippen molar-refractivity contribution in [2.75, 3.05) is 13.1 Å². The fourth-order valence-electron chi connectivity index (χ4n) is 2.42. The highest BCUT2D eigenvalue weighted by atomic mass is 35.5. The van der Waals surface area contributed by atoms with Crippen LogP contribution >= 0.6 is 11.6 Å². The van der Waals surface area contributed by atoms with Gasteiger partial charge in [-0.2, -0.15) is 0 Å². The Morgan fingerprint density at radius 3 is 2.52 bits per heavy atom. The summed E-state index contributed by atoms with van der Waals surface area (Å²) in [6, 6.07) is 8.95. The van der Waals surface area contributed by atoms with E-state index in [0.717, 1.165) is 12.1 Å². The van der Waals surface area contributed by atoms with Crippen molar-refractivity contribution < 1.29 is 19.1 Å². The lowest BCUT2D eigenvalue weighted by Crippen LogP contribution is -2.36. The van der Waals surface area contributed by atoms with Crippen LogP contribution in [0.1, 0.15) is 34.4 Å². The van der Waals surface area contributed by atoms with Crippen LogP contribution in [0.2, 0.25) is 5.02 Å². The van der Waals surface area contributed by atoms with E-state index in [0.29, 0.717) is 23.1 Å². The number of carbonyl (C=O) groups excluding carboxylic acids is 1. The second-order valence-corrected chi connectivity index (χ2v) is 6.13. The van der Waals surface area contributed by atoms with Gasteiger partial charge >= 0.3 is 5.97 Å². The zero-order valence-electron chi connectivity index (χ0n) is 14.2. The van der Waals surface area contributed by atoms with Crippen LogP contribution in [0.4, 0.5) is 0 Å². The Balaban J connectivity index is 1.86. The standard InChI is InChI=1S/C18H21ClN2O4/c1-3-21(10-13-4-6-14(19)7-5-13)11-17(22)20-9-15-8-16(18(23)24)12(2)25-15/h4-8H,3,9-11H2,1-2H3,(H,20,22)(H,23,24). The van der Waals surface area contributed by atoms with Gasteiger partial charge in [0.25, 0.3) is 0 Å². The molecule has 0 saturated carbocycles. The zero-order chi connectivity index (χ0) is 18.4. The van der Waals surface area contributed by atoms with E-state index in [2.05, 4.69) is 5.32 Å². The van der Waals surface area contributed by atoms with Crippen LogP contribution in [-0.2, 0) is 17.9 Å². The molecule has 0 aliphatic carbocycles. The Labute approximate surface area is 151 Å². The Hall–Kier alpha value is -2.31. The maximum Gasteiger partial charge on any atom is 0.339 e. The molecule has 134 valence electrons. The van der Waals surface area contributed by atoms with Crippen LogP contribution < -0.4 is 5.32 Å². The number of hydrogen-bond donors (Lipinski definition) is 2. The summed E-state index contributed by atoms with van der Waals surface area (Å²) in [6.45, 7) is 5.33. The summed E-state index contributed by atoms with van der Waals surface area (Å²) in [6.07, 6.45) is 0. The fraction of sp³-hybridized carbons (Fsp3) is 0.333. The summed E-state index contributed by atoms with van der Waals surface area (Å²) < 4.78 is 5.34. The van der Waals surface area contributed by atoms with Crippen molar-refractivity contribution in [2.24, 2.45) is 0 Å². The van der Waals surface area contributed by atoms with Crippen LogP contribution in [0.15, 0.2) is 34.7 Å². The molecule has 0 bridgehead atoms. The van der Waals surface area contributed by atoms with Gasteiger partial charge in [0.15, 0.2) is 0 Å². The van der Waals surface area contributed by atoms with E-state index in [1.165, 1.54) is 6.07 Å². The number of aryl methyl sites for hydroxylation is 1.